The van der Waals surface area contributed by atoms with E-state index < -0.39 is 0 Å². The normalized spacial score (nSPS) is 14.9. The zero-order chi connectivity index (χ0) is 10.8. The van der Waals surface area contributed by atoms with Gasteiger partial charge in [-0.2, -0.15) is 12.6 Å². The number of hydrogen-bond acceptors (Lipinski definition) is 2. The molecule has 1 aromatic carbocycles. The first-order chi connectivity index (χ1) is 7.22. The van der Waals surface area contributed by atoms with E-state index in [1.54, 1.807) is 0 Å². The van der Waals surface area contributed by atoms with Crippen LogP contribution in [0.4, 0.5) is 5.69 Å². The molecule has 0 radical (unpaired) electrons. The summed E-state index contributed by atoms with van der Waals surface area (Å²) in [6.07, 6.45) is 2.13. The van der Waals surface area contributed by atoms with Crippen molar-refractivity contribution in [2.75, 3.05) is 17.2 Å². The van der Waals surface area contributed by atoms with Crippen LogP contribution in [0.25, 0.3) is 0 Å². The molecule has 0 fully saturated rings. The van der Waals surface area contributed by atoms with E-state index in [1.165, 1.54) is 11.1 Å². The smallest absolute Gasteiger partial charge is 0.236 e. The largest absolute Gasteiger partial charge is 0.311 e. The van der Waals surface area contributed by atoms with Crippen molar-refractivity contribution in [3.05, 3.63) is 29.3 Å². The van der Waals surface area contributed by atoms with Gasteiger partial charge in [0.1, 0.15) is 0 Å². The molecule has 80 valence electrons. The molecule has 0 saturated heterocycles. The fourth-order valence-electron chi connectivity index (χ4n) is 2.07. The van der Waals surface area contributed by atoms with Crippen LogP contribution in [0.2, 0.25) is 0 Å². The Bertz CT molecular complexity index is 389. The number of fused-ring (bicyclic) bond motifs is 1. The fraction of sp³-hybridized carbons (Fsp3) is 0.417. The SMILES string of the molecule is Cc1ccc2c(c1)CCCN2C(=O)CS. The van der Waals surface area contributed by atoms with Gasteiger partial charge < -0.3 is 4.90 Å². The van der Waals surface area contributed by atoms with Crippen molar-refractivity contribution >= 4 is 24.2 Å². The third-order valence-corrected chi connectivity index (χ3v) is 3.06. The van der Waals surface area contributed by atoms with E-state index in [9.17, 15) is 4.79 Å². The fourth-order valence-corrected chi connectivity index (χ4v) is 2.24. The van der Waals surface area contributed by atoms with Crippen molar-refractivity contribution < 1.29 is 4.79 Å². The topological polar surface area (TPSA) is 20.3 Å². The molecule has 15 heavy (non-hydrogen) atoms. The van der Waals surface area contributed by atoms with E-state index in [0.717, 1.165) is 25.1 Å². The van der Waals surface area contributed by atoms with Gasteiger partial charge in [0.2, 0.25) is 5.91 Å². The second kappa shape index (κ2) is 4.27. The summed E-state index contributed by atoms with van der Waals surface area (Å²) >= 11 is 4.05. The van der Waals surface area contributed by atoms with Crippen LogP contribution in [0.1, 0.15) is 17.5 Å². The van der Waals surface area contributed by atoms with Gasteiger partial charge >= 0.3 is 0 Å². The van der Waals surface area contributed by atoms with Crippen molar-refractivity contribution in [2.24, 2.45) is 0 Å². The Morgan fingerprint density at radius 2 is 2.33 bits per heavy atom. The monoisotopic (exact) mass is 221 g/mol. The van der Waals surface area contributed by atoms with Gasteiger partial charge in [-0.25, -0.2) is 0 Å². The number of carbonyl (C=O) groups excluding carboxylic acids is 1. The van der Waals surface area contributed by atoms with Gasteiger partial charge in [0.25, 0.3) is 0 Å². The maximum atomic E-state index is 11.7. The summed E-state index contributed by atoms with van der Waals surface area (Å²) in [6, 6.07) is 6.28. The minimum atomic E-state index is 0.100. The maximum absolute atomic E-state index is 11.7. The second-order valence-corrected chi connectivity index (χ2v) is 4.26. The summed E-state index contributed by atoms with van der Waals surface area (Å²) in [4.78, 5) is 13.5. The predicted molar refractivity (Wildman–Crippen MR) is 65.7 cm³/mol. The summed E-state index contributed by atoms with van der Waals surface area (Å²) in [5.41, 5.74) is 3.62. The number of hydrogen-bond donors (Lipinski definition) is 1. The van der Waals surface area contributed by atoms with Gasteiger partial charge in [-0.3, -0.25) is 4.79 Å². The van der Waals surface area contributed by atoms with E-state index in [4.69, 9.17) is 0 Å². The highest BCUT2D eigenvalue weighted by molar-refractivity contribution is 7.81. The Kier molecular flexibility index (Phi) is 3.00. The van der Waals surface area contributed by atoms with Crippen LogP contribution in [-0.4, -0.2) is 18.2 Å². The number of aryl methyl sites for hydroxylation is 2. The molecule has 0 atom stereocenters. The van der Waals surface area contributed by atoms with E-state index in [-0.39, 0.29) is 11.7 Å². The Balaban J connectivity index is 2.38. The number of rotatable bonds is 1. The molecular weight excluding hydrogens is 206 g/mol. The molecule has 0 unspecified atom stereocenters. The van der Waals surface area contributed by atoms with Crippen molar-refractivity contribution in [1.82, 2.24) is 0 Å². The third kappa shape index (κ3) is 2.02. The quantitative estimate of drug-likeness (QED) is 0.721. The zero-order valence-electron chi connectivity index (χ0n) is 8.86. The number of thiol groups is 1. The second-order valence-electron chi connectivity index (χ2n) is 3.94. The summed E-state index contributed by atoms with van der Waals surface area (Å²) in [7, 11) is 0. The molecule has 0 aliphatic carbocycles. The van der Waals surface area contributed by atoms with Crippen LogP contribution in [0.3, 0.4) is 0 Å². The molecule has 0 aromatic heterocycles. The summed E-state index contributed by atoms with van der Waals surface area (Å²) in [6.45, 7) is 2.91. The molecule has 3 heteroatoms. The average Bonchev–Trinajstić information content (AvgIpc) is 2.26. The highest BCUT2D eigenvalue weighted by Crippen LogP contribution is 2.27. The van der Waals surface area contributed by atoms with Crippen molar-refractivity contribution in [2.45, 2.75) is 19.8 Å². The van der Waals surface area contributed by atoms with Gasteiger partial charge in [0.15, 0.2) is 0 Å². The molecule has 1 aromatic rings. The van der Waals surface area contributed by atoms with Crippen molar-refractivity contribution in [3.8, 4) is 0 Å². The highest BCUT2D eigenvalue weighted by Gasteiger charge is 2.20. The zero-order valence-corrected chi connectivity index (χ0v) is 9.76. The minimum Gasteiger partial charge on any atom is -0.311 e. The van der Waals surface area contributed by atoms with E-state index >= 15 is 0 Å². The summed E-state index contributed by atoms with van der Waals surface area (Å²) in [5, 5.41) is 0. The Labute approximate surface area is 95.7 Å². The molecule has 0 saturated carbocycles. The van der Waals surface area contributed by atoms with Crippen LogP contribution < -0.4 is 4.90 Å². The molecule has 1 amide bonds. The molecule has 0 bridgehead atoms. The number of anilines is 1. The molecule has 0 N–H and O–H groups in total. The predicted octanol–water partition coefficient (Wildman–Crippen LogP) is 2.20. The maximum Gasteiger partial charge on any atom is 0.236 e. The first kappa shape index (κ1) is 10.6. The minimum absolute atomic E-state index is 0.100. The van der Waals surface area contributed by atoms with Gasteiger partial charge in [-0.15, -0.1) is 0 Å². The molecule has 2 rings (SSSR count). The van der Waals surface area contributed by atoms with Gasteiger partial charge in [0.05, 0.1) is 5.75 Å². The lowest BCUT2D eigenvalue weighted by Gasteiger charge is -2.29. The van der Waals surface area contributed by atoms with Crippen molar-refractivity contribution in [1.29, 1.82) is 0 Å². The van der Waals surface area contributed by atoms with Crippen LogP contribution in [0.15, 0.2) is 18.2 Å². The lowest BCUT2D eigenvalue weighted by atomic mass is 10.00. The number of amides is 1. The van der Waals surface area contributed by atoms with Gasteiger partial charge in [-0.05, 0) is 31.4 Å². The summed E-state index contributed by atoms with van der Waals surface area (Å²) < 4.78 is 0. The van der Waals surface area contributed by atoms with Gasteiger partial charge in [-0.1, -0.05) is 17.7 Å². The average molecular weight is 221 g/mol. The van der Waals surface area contributed by atoms with Crippen LogP contribution in [0.5, 0.6) is 0 Å². The van der Waals surface area contributed by atoms with Crippen LogP contribution in [-0.2, 0) is 11.2 Å². The molecule has 1 aliphatic heterocycles. The van der Waals surface area contributed by atoms with E-state index in [1.807, 2.05) is 11.0 Å². The number of carbonyl (C=O) groups is 1. The Hall–Kier alpha value is -0.960. The first-order valence-electron chi connectivity index (χ1n) is 5.23. The molecule has 2 nitrogen and oxygen atoms in total. The molecule has 1 heterocycles. The standard InChI is InChI=1S/C12H15NOS/c1-9-4-5-11-10(7-9)3-2-6-13(11)12(14)8-15/h4-5,7,15H,2-3,6,8H2,1H3. The molecule has 0 spiro atoms. The molecular formula is C12H15NOS. The third-order valence-electron chi connectivity index (χ3n) is 2.79. The van der Waals surface area contributed by atoms with Crippen LogP contribution >= 0.6 is 12.6 Å². The number of benzene rings is 1. The molecule has 1 aliphatic rings. The Morgan fingerprint density at radius 3 is 3.07 bits per heavy atom. The van der Waals surface area contributed by atoms with E-state index in [0.29, 0.717) is 0 Å². The van der Waals surface area contributed by atoms with Crippen LogP contribution in [0, 0.1) is 6.92 Å². The first-order valence-corrected chi connectivity index (χ1v) is 5.86. The summed E-state index contributed by atoms with van der Waals surface area (Å²) in [5.74, 6) is 0.385. The highest BCUT2D eigenvalue weighted by atomic mass is 32.1. The Morgan fingerprint density at radius 1 is 1.53 bits per heavy atom. The van der Waals surface area contributed by atoms with Gasteiger partial charge in [0, 0.05) is 12.2 Å². The van der Waals surface area contributed by atoms with E-state index in [2.05, 4.69) is 31.7 Å². The number of nitrogens with zero attached hydrogens (tertiary/aromatic N) is 1. The lowest BCUT2D eigenvalue weighted by molar-refractivity contribution is -0.116. The lowest BCUT2D eigenvalue weighted by Crippen LogP contribution is -2.36. The van der Waals surface area contributed by atoms with Crippen molar-refractivity contribution in [3.63, 3.8) is 0 Å².